The Morgan fingerprint density at radius 3 is 1.93 bits per heavy atom. The first-order chi connectivity index (χ1) is 12.6. The Morgan fingerprint density at radius 2 is 1.52 bits per heavy atom. The molecule has 0 spiro atoms. The summed E-state index contributed by atoms with van der Waals surface area (Å²) < 4.78 is 4.97. The van der Waals surface area contributed by atoms with Gasteiger partial charge in [-0.25, -0.2) is 0 Å². The van der Waals surface area contributed by atoms with Gasteiger partial charge < -0.3 is 9.94 Å². The van der Waals surface area contributed by atoms with Gasteiger partial charge in [0, 0.05) is 13.0 Å². The molecule has 4 heteroatoms. The molecule has 1 atom stereocenters. The van der Waals surface area contributed by atoms with Gasteiger partial charge in [0.2, 0.25) is 0 Å². The molecular formula is C23H39NO3. The Balaban J connectivity index is 3.12. The number of esters is 1. The molecule has 0 aliphatic rings. The summed E-state index contributed by atoms with van der Waals surface area (Å²) >= 11 is 0. The Kier molecular flexibility index (Phi) is 9.48. The van der Waals surface area contributed by atoms with Crippen molar-refractivity contribution in [3.8, 4) is 0 Å². The number of ether oxygens (including phenoxy) is 1. The van der Waals surface area contributed by atoms with Crippen LogP contribution in [0.5, 0.6) is 0 Å². The molecule has 0 aliphatic heterocycles. The van der Waals surface area contributed by atoms with Gasteiger partial charge >= 0.3 is 5.97 Å². The van der Waals surface area contributed by atoms with Gasteiger partial charge in [-0.1, -0.05) is 53.7 Å². The third-order valence-electron chi connectivity index (χ3n) is 5.12. The van der Waals surface area contributed by atoms with Gasteiger partial charge in [-0.05, 0) is 60.3 Å². The van der Waals surface area contributed by atoms with Crippen LogP contribution in [0.4, 0.5) is 0 Å². The maximum absolute atomic E-state index is 11.5. The van der Waals surface area contributed by atoms with Crippen LogP contribution in [0.25, 0.3) is 0 Å². The number of carbonyl (C=O) groups is 1. The lowest BCUT2D eigenvalue weighted by Gasteiger charge is -2.30. The topological polar surface area (TPSA) is 49.8 Å². The van der Waals surface area contributed by atoms with Crippen LogP contribution >= 0.6 is 0 Å². The summed E-state index contributed by atoms with van der Waals surface area (Å²) in [7, 11) is 0. The normalized spacial score (nSPS) is 13.1. The lowest BCUT2D eigenvalue weighted by molar-refractivity contribution is -0.145. The lowest BCUT2D eigenvalue weighted by atomic mass is 9.82. The van der Waals surface area contributed by atoms with E-state index in [9.17, 15) is 10.0 Å². The minimum Gasteiger partial charge on any atom is -0.466 e. The van der Waals surface area contributed by atoms with Gasteiger partial charge in [0.05, 0.1) is 12.6 Å². The largest absolute Gasteiger partial charge is 0.466 e. The highest BCUT2D eigenvalue weighted by atomic mass is 16.5. The van der Waals surface area contributed by atoms with Crippen molar-refractivity contribution in [2.45, 2.75) is 92.0 Å². The van der Waals surface area contributed by atoms with Crippen LogP contribution in [0.1, 0.15) is 114 Å². The van der Waals surface area contributed by atoms with Crippen LogP contribution in [0, 0.1) is 0 Å². The number of hydrogen-bond donors (Lipinski definition) is 1. The van der Waals surface area contributed by atoms with Gasteiger partial charge in [0.25, 0.3) is 0 Å². The fourth-order valence-corrected chi connectivity index (χ4v) is 3.46. The predicted molar refractivity (Wildman–Crippen MR) is 111 cm³/mol. The van der Waals surface area contributed by atoms with Crippen LogP contribution in [0.15, 0.2) is 12.1 Å². The van der Waals surface area contributed by atoms with Crippen LogP contribution in [-0.2, 0) is 9.53 Å². The summed E-state index contributed by atoms with van der Waals surface area (Å²) in [5.74, 6) is 1.03. The fraction of sp³-hybridized carbons (Fsp3) is 0.696. The zero-order valence-corrected chi connectivity index (χ0v) is 18.5. The molecule has 1 N–H and O–H groups in total. The third kappa shape index (κ3) is 6.62. The van der Waals surface area contributed by atoms with Crippen molar-refractivity contribution < 1.29 is 14.7 Å². The zero-order chi connectivity index (χ0) is 20.7. The van der Waals surface area contributed by atoms with Crippen molar-refractivity contribution in [2.24, 2.45) is 0 Å². The van der Waals surface area contributed by atoms with E-state index in [1.54, 1.807) is 6.92 Å². The molecule has 4 nitrogen and oxygen atoms in total. The zero-order valence-electron chi connectivity index (χ0n) is 18.5. The highest BCUT2D eigenvalue weighted by Gasteiger charge is 2.24. The van der Waals surface area contributed by atoms with E-state index < -0.39 is 0 Å². The SMILES string of the molecule is CCOC(=O)CCCN(O)C(C)c1c(C(C)C)cc(C(C)C)cc1C(C)C. The standard InChI is InChI=1S/C23H39NO3/c1-9-27-22(25)11-10-12-24(26)18(8)23-20(16(4)5)13-19(15(2)3)14-21(23)17(6)7/h13-18,26H,9-12H2,1-8H3. The molecule has 1 aromatic rings. The van der Waals surface area contributed by atoms with E-state index in [-0.39, 0.29) is 12.0 Å². The summed E-state index contributed by atoms with van der Waals surface area (Å²) in [5, 5.41) is 12.1. The second kappa shape index (κ2) is 10.8. The van der Waals surface area contributed by atoms with E-state index in [1.807, 2.05) is 6.92 Å². The number of benzene rings is 1. The quantitative estimate of drug-likeness (QED) is 0.392. The molecule has 0 saturated heterocycles. The van der Waals surface area contributed by atoms with Crippen molar-refractivity contribution in [1.82, 2.24) is 5.06 Å². The highest BCUT2D eigenvalue weighted by Crippen LogP contribution is 2.37. The smallest absolute Gasteiger partial charge is 0.305 e. The molecule has 1 rings (SSSR count). The second-order valence-electron chi connectivity index (χ2n) is 8.32. The molecule has 0 amide bonds. The molecule has 0 saturated carbocycles. The first kappa shape index (κ1) is 23.6. The number of rotatable bonds is 10. The van der Waals surface area contributed by atoms with Crippen LogP contribution < -0.4 is 0 Å². The first-order valence-corrected chi connectivity index (χ1v) is 10.4. The van der Waals surface area contributed by atoms with E-state index in [0.717, 1.165) is 0 Å². The van der Waals surface area contributed by atoms with Crippen molar-refractivity contribution >= 4 is 5.97 Å². The van der Waals surface area contributed by atoms with Crippen molar-refractivity contribution in [2.75, 3.05) is 13.2 Å². The minimum atomic E-state index is -0.203. The predicted octanol–water partition coefficient (Wildman–Crippen LogP) is 6.15. The Labute approximate surface area is 165 Å². The molecule has 0 heterocycles. The molecule has 0 aromatic heterocycles. The second-order valence-corrected chi connectivity index (χ2v) is 8.32. The van der Waals surface area contributed by atoms with Crippen LogP contribution in [-0.4, -0.2) is 29.4 Å². The molecule has 1 aromatic carbocycles. The summed E-state index contributed by atoms with van der Waals surface area (Å²) in [4.78, 5) is 11.5. The van der Waals surface area contributed by atoms with Crippen molar-refractivity contribution in [1.29, 1.82) is 0 Å². The van der Waals surface area contributed by atoms with Crippen LogP contribution in [0.2, 0.25) is 0 Å². The molecule has 27 heavy (non-hydrogen) atoms. The number of hydroxylamine groups is 2. The summed E-state index contributed by atoms with van der Waals surface area (Å²) in [6, 6.07) is 4.49. The summed E-state index contributed by atoms with van der Waals surface area (Å²) in [5.41, 5.74) is 5.19. The maximum atomic E-state index is 11.5. The molecule has 1 unspecified atom stereocenters. The summed E-state index contributed by atoms with van der Waals surface area (Å²) in [6.45, 7) is 18.0. The minimum absolute atomic E-state index is 0.122. The van der Waals surface area contributed by atoms with E-state index in [2.05, 4.69) is 53.7 Å². The monoisotopic (exact) mass is 377 g/mol. The van der Waals surface area contributed by atoms with Crippen LogP contribution in [0.3, 0.4) is 0 Å². The van der Waals surface area contributed by atoms with E-state index in [0.29, 0.717) is 43.7 Å². The lowest BCUT2D eigenvalue weighted by Crippen LogP contribution is -2.27. The van der Waals surface area contributed by atoms with E-state index in [4.69, 9.17) is 4.74 Å². The molecule has 0 fully saturated rings. The van der Waals surface area contributed by atoms with Gasteiger partial charge in [0.1, 0.15) is 0 Å². The Hall–Kier alpha value is -1.39. The molecule has 0 radical (unpaired) electrons. The van der Waals surface area contributed by atoms with Gasteiger partial charge in [0.15, 0.2) is 0 Å². The van der Waals surface area contributed by atoms with Crippen molar-refractivity contribution in [3.63, 3.8) is 0 Å². The Morgan fingerprint density at radius 1 is 1.00 bits per heavy atom. The van der Waals surface area contributed by atoms with Crippen molar-refractivity contribution in [3.05, 3.63) is 34.4 Å². The number of carbonyl (C=O) groups excluding carboxylic acids is 1. The van der Waals surface area contributed by atoms with Gasteiger partial charge in [-0.2, -0.15) is 5.06 Å². The molecule has 0 aliphatic carbocycles. The number of hydrogen-bond acceptors (Lipinski definition) is 4. The fourth-order valence-electron chi connectivity index (χ4n) is 3.46. The average Bonchev–Trinajstić information content (AvgIpc) is 2.59. The van der Waals surface area contributed by atoms with Gasteiger partial charge in [-0.15, -0.1) is 0 Å². The molecule has 0 bridgehead atoms. The van der Waals surface area contributed by atoms with E-state index in [1.165, 1.54) is 27.3 Å². The highest BCUT2D eigenvalue weighted by molar-refractivity contribution is 5.69. The molecular weight excluding hydrogens is 338 g/mol. The average molecular weight is 378 g/mol. The first-order valence-electron chi connectivity index (χ1n) is 10.4. The Bertz CT molecular complexity index is 579. The third-order valence-corrected chi connectivity index (χ3v) is 5.12. The molecule has 154 valence electrons. The summed E-state index contributed by atoms with van der Waals surface area (Å²) in [6.07, 6.45) is 0.912. The van der Waals surface area contributed by atoms with Gasteiger partial charge in [-0.3, -0.25) is 4.79 Å². The number of nitrogens with zero attached hydrogens (tertiary/aromatic N) is 1. The van der Waals surface area contributed by atoms with E-state index >= 15 is 0 Å². The maximum Gasteiger partial charge on any atom is 0.305 e.